The van der Waals surface area contributed by atoms with Crippen molar-refractivity contribution < 1.29 is 9.53 Å². The Morgan fingerprint density at radius 1 is 1.26 bits per heavy atom. The third kappa shape index (κ3) is 5.01. The Balaban J connectivity index is 1.98. The van der Waals surface area contributed by atoms with E-state index in [0.29, 0.717) is 19.1 Å². The fraction of sp³-hybridized carbons (Fsp3) is 0.647. The molecule has 1 aromatic rings. The molecule has 6 nitrogen and oxygen atoms in total. The second kappa shape index (κ2) is 7.06. The van der Waals surface area contributed by atoms with Crippen LogP contribution in [0.3, 0.4) is 0 Å². The Bertz CT molecular complexity index is 532. The lowest BCUT2D eigenvalue weighted by Gasteiger charge is -2.36. The minimum Gasteiger partial charge on any atom is -0.444 e. The number of hydrogen-bond acceptors (Lipinski definition) is 5. The molecule has 0 atom stereocenters. The standard InChI is InChI=1S/C17H28N4O2/c1-13(2)19-14-7-6-8-18-15(14)20-9-11-21(12-10-20)16(22)23-17(3,4)5/h6-8,13,19H,9-12H2,1-5H3. The monoisotopic (exact) mass is 320 g/mol. The summed E-state index contributed by atoms with van der Waals surface area (Å²) in [6.07, 6.45) is 1.57. The zero-order chi connectivity index (χ0) is 17.0. The fourth-order valence-corrected chi connectivity index (χ4v) is 2.50. The molecule has 0 unspecified atom stereocenters. The maximum atomic E-state index is 12.1. The highest BCUT2D eigenvalue weighted by molar-refractivity contribution is 5.70. The largest absolute Gasteiger partial charge is 0.444 e. The molecule has 0 bridgehead atoms. The van der Waals surface area contributed by atoms with Gasteiger partial charge in [0.25, 0.3) is 0 Å². The minimum absolute atomic E-state index is 0.237. The van der Waals surface area contributed by atoms with Crippen molar-refractivity contribution in [2.75, 3.05) is 36.4 Å². The van der Waals surface area contributed by atoms with E-state index in [1.165, 1.54) is 0 Å². The molecule has 6 heteroatoms. The SMILES string of the molecule is CC(C)Nc1cccnc1N1CCN(C(=O)OC(C)(C)C)CC1. The van der Waals surface area contributed by atoms with Gasteiger partial charge in [0, 0.05) is 38.4 Å². The molecule has 1 aliphatic rings. The van der Waals surface area contributed by atoms with Crippen LogP contribution in [0.1, 0.15) is 34.6 Å². The molecule has 0 aliphatic carbocycles. The second-order valence-electron chi connectivity index (χ2n) is 7.13. The number of amides is 1. The molecule has 0 saturated carbocycles. The van der Waals surface area contributed by atoms with Gasteiger partial charge in [0.1, 0.15) is 5.60 Å². The van der Waals surface area contributed by atoms with Crippen molar-refractivity contribution in [3.8, 4) is 0 Å². The summed E-state index contributed by atoms with van der Waals surface area (Å²) in [5.74, 6) is 0.949. The molecule has 1 saturated heterocycles. The van der Waals surface area contributed by atoms with E-state index in [1.807, 2.05) is 32.9 Å². The molecule has 128 valence electrons. The lowest BCUT2D eigenvalue weighted by Crippen LogP contribution is -2.50. The summed E-state index contributed by atoms with van der Waals surface area (Å²) >= 11 is 0. The van der Waals surface area contributed by atoms with Gasteiger partial charge in [0.2, 0.25) is 0 Å². The molecule has 1 amide bonds. The van der Waals surface area contributed by atoms with Gasteiger partial charge >= 0.3 is 6.09 Å². The number of nitrogens with zero attached hydrogens (tertiary/aromatic N) is 3. The van der Waals surface area contributed by atoms with Gasteiger partial charge in [-0.25, -0.2) is 9.78 Å². The van der Waals surface area contributed by atoms with E-state index < -0.39 is 5.60 Å². The smallest absolute Gasteiger partial charge is 0.410 e. The van der Waals surface area contributed by atoms with Crippen LogP contribution in [0.25, 0.3) is 0 Å². The summed E-state index contributed by atoms with van der Waals surface area (Å²) in [6.45, 7) is 12.7. The lowest BCUT2D eigenvalue weighted by atomic mass is 10.2. The molecule has 2 rings (SSSR count). The molecule has 1 N–H and O–H groups in total. The number of carbonyl (C=O) groups excluding carboxylic acids is 1. The van der Waals surface area contributed by atoms with Crippen molar-refractivity contribution in [3.05, 3.63) is 18.3 Å². The first-order valence-corrected chi connectivity index (χ1v) is 8.21. The number of nitrogens with one attached hydrogen (secondary N) is 1. The highest BCUT2D eigenvalue weighted by Crippen LogP contribution is 2.24. The van der Waals surface area contributed by atoms with Crippen LogP contribution in [0, 0.1) is 0 Å². The van der Waals surface area contributed by atoms with Crippen molar-refractivity contribution in [2.24, 2.45) is 0 Å². The van der Waals surface area contributed by atoms with Gasteiger partial charge in [0.15, 0.2) is 5.82 Å². The zero-order valence-corrected chi connectivity index (χ0v) is 14.8. The van der Waals surface area contributed by atoms with E-state index >= 15 is 0 Å². The van der Waals surface area contributed by atoms with Crippen molar-refractivity contribution in [1.29, 1.82) is 0 Å². The maximum Gasteiger partial charge on any atom is 0.410 e. The van der Waals surface area contributed by atoms with Crippen LogP contribution in [0.4, 0.5) is 16.3 Å². The van der Waals surface area contributed by atoms with Crippen LogP contribution in [0.5, 0.6) is 0 Å². The van der Waals surface area contributed by atoms with Crippen LogP contribution in [0.15, 0.2) is 18.3 Å². The van der Waals surface area contributed by atoms with Gasteiger partial charge in [-0.1, -0.05) is 0 Å². The predicted octanol–water partition coefficient (Wildman–Crippen LogP) is 2.96. The Morgan fingerprint density at radius 2 is 1.91 bits per heavy atom. The molecule has 23 heavy (non-hydrogen) atoms. The van der Waals surface area contributed by atoms with Crippen molar-refractivity contribution >= 4 is 17.6 Å². The first-order chi connectivity index (χ1) is 10.8. The zero-order valence-electron chi connectivity index (χ0n) is 14.8. The Kier molecular flexibility index (Phi) is 5.34. The normalized spacial score (nSPS) is 15.7. The van der Waals surface area contributed by atoms with Gasteiger partial charge < -0.3 is 19.9 Å². The number of carbonyl (C=O) groups is 1. The Hall–Kier alpha value is -1.98. The first kappa shape index (κ1) is 17.4. The van der Waals surface area contributed by atoms with Crippen LogP contribution in [-0.2, 0) is 4.74 Å². The summed E-state index contributed by atoms with van der Waals surface area (Å²) in [7, 11) is 0. The van der Waals surface area contributed by atoms with E-state index in [4.69, 9.17) is 4.74 Å². The number of aromatic nitrogens is 1. The highest BCUT2D eigenvalue weighted by Gasteiger charge is 2.27. The Labute approximate surface area is 138 Å². The van der Waals surface area contributed by atoms with Crippen LogP contribution in [0.2, 0.25) is 0 Å². The predicted molar refractivity (Wildman–Crippen MR) is 93.0 cm³/mol. The quantitative estimate of drug-likeness (QED) is 0.928. The van der Waals surface area contributed by atoms with Crippen LogP contribution >= 0.6 is 0 Å². The van der Waals surface area contributed by atoms with E-state index in [9.17, 15) is 4.79 Å². The average molecular weight is 320 g/mol. The number of rotatable bonds is 3. The van der Waals surface area contributed by atoms with Gasteiger partial charge in [0.05, 0.1) is 5.69 Å². The molecular formula is C17H28N4O2. The minimum atomic E-state index is -0.455. The molecule has 2 heterocycles. The summed E-state index contributed by atoms with van der Waals surface area (Å²) < 4.78 is 5.43. The molecule has 0 aromatic carbocycles. The van der Waals surface area contributed by atoms with Gasteiger partial charge in [-0.05, 0) is 46.8 Å². The van der Waals surface area contributed by atoms with Crippen molar-refractivity contribution in [1.82, 2.24) is 9.88 Å². The van der Waals surface area contributed by atoms with Gasteiger partial charge in [-0.3, -0.25) is 0 Å². The van der Waals surface area contributed by atoms with Crippen LogP contribution < -0.4 is 10.2 Å². The number of anilines is 2. The third-order valence-corrected chi connectivity index (χ3v) is 3.46. The van der Waals surface area contributed by atoms with Crippen LogP contribution in [-0.4, -0.2) is 53.8 Å². The summed E-state index contributed by atoms with van der Waals surface area (Å²) in [5.41, 5.74) is 0.581. The third-order valence-electron chi connectivity index (χ3n) is 3.46. The van der Waals surface area contributed by atoms with E-state index in [1.54, 1.807) is 11.1 Å². The van der Waals surface area contributed by atoms with Crippen molar-refractivity contribution in [3.63, 3.8) is 0 Å². The van der Waals surface area contributed by atoms with E-state index in [0.717, 1.165) is 24.6 Å². The molecular weight excluding hydrogens is 292 g/mol. The topological polar surface area (TPSA) is 57.7 Å². The number of pyridine rings is 1. The highest BCUT2D eigenvalue weighted by atomic mass is 16.6. The Morgan fingerprint density at radius 3 is 2.48 bits per heavy atom. The number of piperazine rings is 1. The molecule has 0 radical (unpaired) electrons. The fourth-order valence-electron chi connectivity index (χ4n) is 2.50. The number of hydrogen-bond donors (Lipinski definition) is 1. The van der Waals surface area contributed by atoms with E-state index in [-0.39, 0.29) is 6.09 Å². The summed E-state index contributed by atoms with van der Waals surface area (Å²) in [6, 6.07) is 4.33. The van der Waals surface area contributed by atoms with Gasteiger partial charge in [-0.2, -0.15) is 0 Å². The average Bonchev–Trinajstić information content (AvgIpc) is 2.45. The lowest BCUT2D eigenvalue weighted by molar-refractivity contribution is 0.0240. The van der Waals surface area contributed by atoms with E-state index in [2.05, 4.69) is 29.0 Å². The van der Waals surface area contributed by atoms with Gasteiger partial charge in [-0.15, -0.1) is 0 Å². The van der Waals surface area contributed by atoms with Crippen molar-refractivity contribution in [2.45, 2.75) is 46.3 Å². The summed E-state index contributed by atoms with van der Waals surface area (Å²) in [4.78, 5) is 20.6. The second-order valence-corrected chi connectivity index (χ2v) is 7.13. The molecule has 1 fully saturated rings. The molecule has 1 aromatic heterocycles. The first-order valence-electron chi connectivity index (χ1n) is 8.21. The summed E-state index contributed by atoms with van der Waals surface area (Å²) in [5, 5.41) is 3.43. The molecule has 0 spiro atoms. The number of ether oxygens (including phenoxy) is 1. The maximum absolute atomic E-state index is 12.1. The molecule has 1 aliphatic heterocycles.